The molecule has 330 valence electrons. The summed E-state index contributed by atoms with van der Waals surface area (Å²) in [5, 5.41) is 11.6. The Morgan fingerprint density at radius 3 is 2.60 bits per heavy atom. The molecule has 4 N–H and O–H groups in total. The van der Waals surface area contributed by atoms with Crippen molar-refractivity contribution in [2.75, 3.05) is 19.0 Å². The Morgan fingerprint density at radius 2 is 1.82 bits per heavy atom. The molecule has 1 saturated heterocycles. The summed E-state index contributed by atoms with van der Waals surface area (Å²) in [6.45, 7) is 4.17. The summed E-state index contributed by atoms with van der Waals surface area (Å²) in [5.41, 5.74) is 2.59. The molecule has 0 radical (unpaired) electrons. The average Bonchev–Trinajstić information content (AvgIpc) is 3.66. The number of allylic oxidation sites excluding steroid dienone is 1. The maximum atomic E-state index is 14.9. The van der Waals surface area contributed by atoms with Gasteiger partial charge in [0.1, 0.15) is 40.7 Å². The van der Waals surface area contributed by atoms with E-state index in [-0.39, 0.29) is 42.9 Å². The molecule has 1 unspecified atom stereocenters. The second-order valence-corrected chi connectivity index (χ2v) is 21.2. The van der Waals surface area contributed by atoms with E-state index < -0.39 is 36.7 Å². The van der Waals surface area contributed by atoms with Crippen LogP contribution in [0.15, 0.2) is 72.1 Å². The van der Waals surface area contributed by atoms with Crippen LogP contribution in [-0.4, -0.2) is 80.6 Å². The monoisotopic (exact) mass is 882 g/mol. The fourth-order valence-corrected chi connectivity index (χ4v) is 12.6. The van der Waals surface area contributed by atoms with E-state index in [0.29, 0.717) is 59.1 Å². The molecule has 0 bridgehead atoms. The van der Waals surface area contributed by atoms with E-state index in [1.165, 1.54) is 16.2 Å². The number of aromatic nitrogens is 2. The molecule has 4 heterocycles. The molecule has 2 saturated carbocycles. The number of benzene rings is 2. The molecule has 6 atom stereocenters. The minimum Gasteiger partial charge on any atom is -0.497 e. The predicted octanol–water partition coefficient (Wildman–Crippen LogP) is 8.42. The molecule has 13 nitrogen and oxygen atoms in total. The molecule has 4 aliphatic rings. The third-order valence-corrected chi connectivity index (χ3v) is 16.2. The van der Waals surface area contributed by atoms with Gasteiger partial charge in [-0.15, -0.1) is 11.3 Å². The minimum atomic E-state index is -4.04. The third kappa shape index (κ3) is 9.87. The highest BCUT2D eigenvalue weighted by atomic mass is 32.1. The van der Waals surface area contributed by atoms with Crippen LogP contribution >= 0.6 is 18.7 Å². The summed E-state index contributed by atoms with van der Waals surface area (Å²) in [7, 11) is -2.45. The number of hydrogen-bond donors (Lipinski definition) is 4. The number of amides is 3. The predicted molar refractivity (Wildman–Crippen MR) is 242 cm³/mol. The summed E-state index contributed by atoms with van der Waals surface area (Å²) in [6, 6.07) is 14.9. The second-order valence-electron chi connectivity index (χ2n) is 17.8. The van der Waals surface area contributed by atoms with E-state index in [0.717, 1.165) is 61.9 Å². The van der Waals surface area contributed by atoms with E-state index in [1.807, 2.05) is 79.9 Å². The van der Waals surface area contributed by atoms with Crippen LogP contribution in [0.2, 0.25) is 0 Å². The molecule has 3 amide bonds. The number of fused-ring (bicyclic) bond motifs is 3. The van der Waals surface area contributed by atoms with Gasteiger partial charge in [-0.3, -0.25) is 18.9 Å². The standard InChI is InChI=1S/C47H59N6O7PS/c1-30(2)48-46-51-40(29-62-46)39-25-42(36-21-20-34(59-3)23-38(36)49-39)60-35-24-41-44(55)52-47(61(57,58)28-32-16-8-7-9-17-32)26-33(47)18-10-5-4-6-11-19-37(45(56)53(41)27-35)50-43(54)22-31-14-12-13-15-31/h7-10,16-18,20-21,23,25,29-31,33,35,37,41H,4-6,11-15,19,22,24,26-28H2,1-3H3,(H,48,51)(H,50,54)(H,52,55)(H,57,58)/b18-10-/t33-,35+,37-,41-,47-/m0/s1. The molecule has 2 aliphatic carbocycles. The smallest absolute Gasteiger partial charge is 0.245 e. The van der Waals surface area contributed by atoms with Gasteiger partial charge in [0.15, 0.2) is 5.13 Å². The Bertz CT molecular complexity index is 2330. The molecular weight excluding hydrogens is 824 g/mol. The van der Waals surface area contributed by atoms with E-state index in [4.69, 9.17) is 19.4 Å². The first-order valence-corrected chi connectivity index (χ1v) is 25.0. The Morgan fingerprint density at radius 1 is 1.03 bits per heavy atom. The van der Waals surface area contributed by atoms with Crippen LogP contribution in [0, 0.1) is 11.8 Å². The maximum absolute atomic E-state index is 14.9. The zero-order valence-corrected chi connectivity index (χ0v) is 37.6. The number of carbonyl (C=O) groups is 3. The Labute approximate surface area is 367 Å². The molecule has 8 rings (SSSR count). The van der Waals surface area contributed by atoms with Crippen LogP contribution in [-0.2, 0) is 25.1 Å². The van der Waals surface area contributed by atoms with E-state index >= 15 is 0 Å². The molecular formula is C47H59N6O7PS. The highest BCUT2D eigenvalue weighted by molar-refractivity contribution is 7.59. The van der Waals surface area contributed by atoms with E-state index in [2.05, 4.69) is 22.0 Å². The first-order chi connectivity index (χ1) is 29.9. The Kier molecular flexibility index (Phi) is 13.4. The molecule has 2 aromatic carbocycles. The van der Waals surface area contributed by atoms with Gasteiger partial charge >= 0.3 is 0 Å². The van der Waals surface area contributed by atoms with Crippen LogP contribution in [0.1, 0.15) is 96.5 Å². The summed E-state index contributed by atoms with van der Waals surface area (Å²) < 4.78 is 26.9. The summed E-state index contributed by atoms with van der Waals surface area (Å²) in [6.07, 6.45) is 12.0. The van der Waals surface area contributed by atoms with Crippen molar-refractivity contribution < 1.29 is 33.3 Å². The van der Waals surface area contributed by atoms with Gasteiger partial charge in [0.25, 0.3) is 0 Å². The van der Waals surface area contributed by atoms with Crippen LogP contribution in [0.25, 0.3) is 22.3 Å². The van der Waals surface area contributed by atoms with Gasteiger partial charge < -0.3 is 35.2 Å². The fraction of sp³-hybridized carbons (Fsp3) is 0.511. The lowest BCUT2D eigenvalue weighted by Gasteiger charge is -2.31. The summed E-state index contributed by atoms with van der Waals surface area (Å²) in [4.78, 5) is 66.5. The molecule has 2 aliphatic heterocycles. The average molecular weight is 883 g/mol. The van der Waals surface area contributed by atoms with Crippen LogP contribution < -0.4 is 25.4 Å². The molecule has 15 heteroatoms. The molecule has 4 aromatic rings. The van der Waals surface area contributed by atoms with Crippen molar-refractivity contribution in [3.05, 3.63) is 77.7 Å². The number of carbonyl (C=O) groups excluding carboxylic acids is 3. The summed E-state index contributed by atoms with van der Waals surface area (Å²) >= 11 is 1.48. The van der Waals surface area contributed by atoms with Gasteiger partial charge in [-0.05, 0) is 76.0 Å². The number of ether oxygens (including phenoxy) is 2. The quantitative estimate of drug-likeness (QED) is 0.0800. The number of thiazole rings is 1. The zero-order valence-electron chi connectivity index (χ0n) is 35.9. The Balaban J connectivity index is 1.13. The first kappa shape index (κ1) is 43.9. The van der Waals surface area contributed by atoms with Gasteiger partial charge in [0, 0.05) is 47.7 Å². The second kappa shape index (κ2) is 18.9. The number of pyridine rings is 1. The van der Waals surface area contributed by atoms with Crippen molar-refractivity contribution in [2.24, 2.45) is 11.8 Å². The number of hydrogen-bond acceptors (Lipinski definition) is 10. The van der Waals surface area contributed by atoms with Crippen molar-refractivity contribution in [1.82, 2.24) is 25.5 Å². The summed E-state index contributed by atoms with van der Waals surface area (Å²) in [5.74, 6) is 0.0953. The normalized spacial score (nSPS) is 26.1. The molecule has 2 aromatic heterocycles. The van der Waals surface area contributed by atoms with Crippen LogP contribution in [0.4, 0.5) is 5.13 Å². The number of rotatable bonds is 12. The number of anilines is 1. The van der Waals surface area contributed by atoms with Crippen molar-refractivity contribution in [2.45, 2.75) is 127 Å². The van der Waals surface area contributed by atoms with Gasteiger partial charge in [0.2, 0.25) is 25.1 Å². The Hall–Kier alpha value is -4.78. The van der Waals surface area contributed by atoms with Gasteiger partial charge in [0.05, 0.1) is 31.0 Å². The SMILES string of the molecule is COc1ccc2c(O[C@@H]3C[C@H]4C(=O)N[C@]5(P(=O)(O)Cc6ccccc6)C[C@@H]5/C=C\CCCCC[C@H](NC(=O)CC5CCCC5)C(=O)N4C3)cc(-c3csc(NC(C)C)n3)nc2c1. The van der Waals surface area contributed by atoms with Crippen LogP contribution in [0.3, 0.4) is 0 Å². The van der Waals surface area contributed by atoms with Crippen LogP contribution in [0.5, 0.6) is 11.5 Å². The maximum Gasteiger partial charge on any atom is 0.245 e. The van der Waals surface area contributed by atoms with Crippen molar-refractivity contribution in [3.63, 3.8) is 0 Å². The third-order valence-electron chi connectivity index (χ3n) is 12.8. The lowest BCUT2D eigenvalue weighted by Crippen LogP contribution is -2.55. The lowest BCUT2D eigenvalue weighted by atomic mass is 10.0. The van der Waals surface area contributed by atoms with Crippen molar-refractivity contribution in [3.8, 4) is 22.9 Å². The first-order valence-electron chi connectivity index (χ1n) is 22.2. The minimum absolute atomic E-state index is 0.0670. The van der Waals surface area contributed by atoms with Gasteiger partial charge in [-0.2, -0.15) is 0 Å². The molecule has 0 spiro atoms. The van der Waals surface area contributed by atoms with E-state index in [1.54, 1.807) is 7.11 Å². The molecule has 62 heavy (non-hydrogen) atoms. The lowest BCUT2D eigenvalue weighted by molar-refractivity contribution is -0.142. The van der Waals surface area contributed by atoms with Crippen molar-refractivity contribution >= 4 is 52.5 Å². The highest BCUT2D eigenvalue weighted by Crippen LogP contribution is 2.71. The van der Waals surface area contributed by atoms with Crippen molar-refractivity contribution in [1.29, 1.82) is 0 Å². The van der Waals surface area contributed by atoms with Gasteiger partial charge in [-0.1, -0.05) is 68.2 Å². The zero-order chi connectivity index (χ0) is 43.4. The topological polar surface area (TPSA) is 172 Å². The number of methoxy groups -OCH3 is 1. The number of nitrogens with one attached hydrogen (secondary N) is 3. The van der Waals surface area contributed by atoms with Gasteiger partial charge in [-0.25, -0.2) is 9.97 Å². The number of nitrogens with zero attached hydrogens (tertiary/aromatic N) is 3. The fourth-order valence-electron chi connectivity index (χ4n) is 9.43. The van der Waals surface area contributed by atoms with E-state index in [9.17, 15) is 23.8 Å². The highest BCUT2D eigenvalue weighted by Gasteiger charge is 2.66. The molecule has 3 fully saturated rings. The largest absolute Gasteiger partial charge is 0.497 e.